The maximum absolute atomic E-state index is 5.57. The van der Waals surface area contributed by atoms with Gasteiger partial charge in [-0.05, 0) is 32.2 Å². The normalized spacial score (nSPS) is 20.8. The number of unbranched alkanes of at least 4 members (excludes halogenated alkanes) is 1. The van der Waals surface area contributed by atoms with Gasteiger partial charge >= 0.3 is 0 Å². The molecule has 29 heavy (non-hydrogen) atoms. The van der Waals surface area contributed by atoms with Crippen LogP contribution < -0.4 is 10.6 Å². The van der Waals surface area contributed by atoms with Crippen molar-refractivity contribution in [3.05, 3.63) is 0 Å². The van der Waals surface area contributed by atoms with Gasteiger partial charge in [0.2, 0.25) is 0 Å². The molecule has 2 N–H and O–H groups in total. The minimum Gasteiger partial charge on any atom is -0.379 e. The monoisotopic (exact) mass is 411 g/mol. The van der Waals surface area contributed by atoms with E-state index >= 15 is 0 Å². The zero-order valence-electron chi connectivity index (χ0n) is 19.1. The van der Waals surface area contributed by atoms with Crippen LogP contribution in [0.3, 0.4) is 0 Å². The van der Waals surface area contributed by atoms with E-state index in [1.165, 1.54) is 32.2 Å². The summed E-state index contributed by atoms with van der Waals surface area (Å²) in [6.07, 6.45) is 4.80. The minimum atomic E-state index is 0.505. The third-order valence-electron chi connectivity index (χ3n) is 6.19. The molecule has 2 saturated heterocycles. The van der Waals surface area contributed by atoms with Crippen molar-refractivity contribution in [2.45, 2.75) is 52.5 Å². The van der Waals surface area contributed by atoms with E-state index in [1.807, 2.05) is 0 Å². The van der Waals surface area contributed by atoms with E-state index in [2.05, 4.69) is 41.2 Å². The smallest absolute Gasteiger partial charge is 0.191 e. The summed E-state index contributed by atoms with van der Waals surface area (Å²) in [7, 11) is 0. The maximum Gasteiger partial charge on any atom is 0.191 e. The van der Waals surface area contributed by atoms with Crippen molar-refractivity contribution in [2.24, 2.45) is 10.9 Å². The van der Waals surface area contributed by atoms with Crippen LogP contribution >= 0.6 is 0 Å². The summed E-state index contributed by atoms with van der Waals surface area (Å²) in [5.41, 5.74) is 0. The summed E-state index contributed by atoms with van der Waals surface area (Å²) in [5.74, 6) is 1.65. The second kappa shape index (κ2) is 15.0. The zero-order chi connectivity index (χ0) is 20.7. The van der Waals surface area contributed by atoms with Gasteiger partial charge in [0.25, 0.3) is 0 Å². The average molecular weight is 412 g/mol. The number of nitrogens with one attached hydrogen (secondary N) is 2. The van der Waals surface area contributed by atoms with Crippen molar-refractivity contribution >= 4 is 5.96 Å². The Hall–Kier alpha value is -0.890. The fourth-order valence-corrected chi connectivity index (χ4v) is 4.32. The van der Waals surface area contributed by atoms with Crippen molar-refractivity contribution < 1.29 is 9.47 Å². The van der Waals surface area contributed by atoms with Crippen LogP contribution in [-0.4, -0.2) is 101 Å². The highest BCUT2D eigenvalue weighted by atomic mass is 16.5. The Morgan fingerprint density at radius 3 is 2.17 bits per heavy atom. The summed E-state index contributed by atoms with van der Waals surface area (Å²) in [5, 5.41) is 6.97. The van der Waals surface area contributed by atoms with E-state index in [-0.39, 0.29) is 0 Å². The molecule has 2 aliphatic heterocycles. The molecule has 0 amide bonds. The van der Waals surface area contributed by atoms with Gasteiger partial charge in [0.1, 0.15) is 0 Å². The number of hydrogen-bond acceptors (Lipinski definition) is 5. The third kappa shape index (κ3) is 9.20. The number of guanidine groups is 1. The molecule has 2 fully saturated rings. The van der Waals surface area contributed by atoms with E-state index in [0.717, 1.165) is 78.2 Å². The number of hydrogen-bond donors (Lipinski definition) is 2. The lowest BCUT2D eigenvalue weighted by atomic mass is 9.92. The first-order chi connectivity index (χ1) is 14.3. The molecular formula is C22H45N5O2. The van der Waals surface area contributed by atoms with E-state index in [9.17, 15) is 0 Å². The van der Waals surface area contributed by atoms with Crippen molar-refractivity contribution in [1.29, 1.82) is 0 Å². The van der Waals surface area contributed by atoms with Crippen LogP contribution in [-0.2, 0) is 9.47 Å². The predicted molar refractivity (Wildman–Crippen MR) is 121 cm³/mol. The molecule has 0 aromatic heterocycles. The molecule has 1 unspecified atom stereocenters. The summed E-state index contributed by atoms with van der Waals surface area (Å²) in [6, 6.07) is 0.505. The summed E-state index contributed by atoms with van der Waals surface area (Å²) in [4.78, 5) is 10.1. The van der Waals surface area contributed by atoms with Crippen molar-refractivity contribution in [3.63, 3.8) is 0 Å². The highest BCUT2D eigenvalue weighted by molar-refractivity contribution is 5.79. The SMILES string of the molecule is CCNC(=NCC(C(CC)CC)N1CCOCC1)NCCCCN1CCOCC1. The molecular weight excluding hydrogens is 366 g/mol. The van der Waals surface area contributed by atoms with E-state index < -0.39 is 0 Å². The first kappa shape index (κ1) is 24.4. The highest BCUT2D eigenvalue weighted by Gasteiger charge is 2.26. The molecule has 7 nitrogen and oxygen atoms in total. The topological polar surface area (TPSA) is 61.4 Å². The second-order valence-corrected chi connectivity index (χ2v) is 8.10. The minimum absolute atomic E-state index is 0.505. The van der Waals surface area contributed by atoms with Crippen LogP contribution in [0.25, 0.3) is 0 Å². The molecule has 0 bridgehead atoms. The molecule has 0 spiro atoms. The second-order valence-electron chi connectivity index (χ2n) is 8.10. The van der Waals surface area contributed by atoms with Crippen LogP contribution in [0.15, 0.2) is 4.99 Å². The van der Waals surface area contributed by atoms with Gasteiger partial charge < -0.3 is 20.1 Å². The Bertz CT molecular complexity index is 433. The van der Waals surface area contributed by atoms with E-state index in [1.54, 1.807) is 0 Å². The third-order valence-corrected chi connectivity index (χ3v) is 6.19. The lowest BCUT2D eigenvalue weighted by molar-refractivity contribution is 0.00395. The van der Waals surface area contributed by atoms with E-state index in [4.69, 9.17) is 14.5 Å². The Kier molecular flexibility index (Phi) is 12.6. The van der Waals surface area contributed by atoms with Gasteiger partial charge in [0.05, 0.1) is 33.0 Å². The Balaban J connectivity index is 1.79. The molecule has 7 heteroatoms. The van der Waals surface area contributed by atoms with Gasteiger partial charge in [-0.15, -0.1) is 0 Å². The largest absolute Gasteiger partial charge is 0.379 e. The average Bonchev–Trinajstić information content (AvgIpc) is 2.77. The zero-order valence-corrected chi connectivity index (χ0v) is 19.1. The molecule has 0 aliphatic carbocycles. The maximum atomic E-state index is 5.57. The predicted octanol–water partition coefficient (Wildman–Crippen LogP) is 1.79. The van der Waals surface area contributed by atoms with Gasteiger partial charge in [-0.3, -0.25) is 14.8 Å². The molecule has 170 valence electrons. The Morgan fingerprint density at radius 1 is 0.897 bits per heavy atom. The van der Waals surface area contributed by atoms with Crippen LogP contribution in [0.1, 0.15) is 46.5 Å². The first-order valence-corrected chi connectivity index (χ1v) is 11.9. The van der Waals surface area contributed by atoms with Gasteiger partial charge in [-0.25, -0.2) is 0 Å². The fraction of sp³-hybridized carbons (Fsp3) is 0.955. The van der Waals surface area contributed by atoms with Crippen molar-refractivity contribution in [1.82, 2.24) is 20.4 Å². The molecule has 2 heterocycles. The summed E-state index contributed by atoms with van der Waals surface area (Å²) < 4.78 is 11.0. The molecule has 2 aliphatic rings. The van der Waals surface area contributed by atoms with Crippen LogP contribution in [0.4, 0.5) is 0 Å². The fourth-order valence-electron chi connectivity index (χ4n) is 4.32. The molecule has 0 saturated carbocycles. The molecule has 2 rings (SSSR count). The van der Waals surface area contributed by atoms with Gasteiger partial charge in [0, 0.05) is 45.3 Å². The number of ether oxygens (including phenoxy) is 2. The van der Waals surface area contributed by atoms with Gasteiger partial charge in [0.15, 0.2) is 5.96 Å². The first-order valence-electron chi connectivity index (χ1n) is 11.9. The Labute approximate surface area is 178 Å². The number of nitrogens with zero attached hydrogens (tertiary/aromatic N) is 3. The van der Waals surface area contributed by atoms with Crippen LogP contribution in [0.5, 0.6) is 0 Å². The van der Waals surface area contributed by atoms with E-state index in [0.29, 0.717) is 12.0 Å². The lowest BCUT2D eigenvalue weighted by Crippen LogP contribution is -2.49. The highest BCUT2D eigenvalue weighted by Crippen LogP contribution is 2.20. The molecule has 1 atom stereocenters. The number of morpholine rings is 2. The van der Waals surface area contributed by atoms with Gasteiger partial charge in [-0.1, -0.05) is 26.7 Å². The molecule has 0 aromatic rings. The quantitative estimate of drug-likeness (QED) is 0.290. The van der Waals surface area contributed by atoms with Crippen molar-refractivity contribution in [3.8, 4) is 0 Å². The van der Waals surface area contributed by atoms with Crippen LogP contribution in [0.2, 0.25) is 0 Å². The Morgan fingerprint density at radius 2 is 1.55 bits per heavy atom. The molecule has 0 radical (unpaired) electrons. The standard InChI is InChI=1S/C22H45N5O2/c1-4-20(5-2)21(27-13-17-29-18-14-27)19-25-22(23-6-3)24-9-7-8-10-26-11-15-28-16-12-26/h20-21H,4-19H2,1-3H3,(H2,23,24,25). The summed E-state index contributed by atoms with van der Waals surface area (Å²) >= 11 is 0. The number of rotatable bonds is 12. The number of aliphatic imine (C=N–C) groups is 1. The van der Waals surface area contributed by atoms with Crippen LogP contribution in [0, 0.1) is 5.92 Å². The summed E-state index contributed by atoms with van der Waals surface area (Å²) in [6.45, 7) is 18.3. The van der Waals surface area contributed by atoms with Crippen molar-refractivity contribution in [2.75, 3.05) is 78.8 Å². The van der Waals surface area contributed by atoms with Gasteiger partial charge in [-0.2, -0.15) is 0 Å². The lowest BCUT2D eigenvalue weighted by Gasteiger charge is -2.38. The molecule has 0 aromatic carbocycles.